The number of carbonyl (C=O) groups excluding carboxylic acids is 1. The molecule has 0 radical (unpaired) electrons. The van der Waals surface area contributed by atoms with Crippen LogP contribution < -0.4 is 5.90 Å². The standard InChI is InChI=1S/C14H26N2O2/c1-4-10-16(11-5-2)12-6-7-14(17)9-8-13(3)18-15/h8-9H,3-7,10-12,15H2,1-2H3/b9-8+. The molecule has 0 aliphatic heterocycles. The number of hydrogen-bond donors (Lipinski definition) is 1. The summed E-state index contributed by atoms with van der Waals surface area (Å²) in [6.07, 6.45) is 6.72. The molecule has 0 spiro atoms. The summed E-state index contributed by atoms with van der Waals surface area (Å²) in [4.78, 5) is 18.3. The second-order valence-corrected chi connectivity index (χ2v) is 4.33. The molecule has 0 aliphatic rings. The van der Waals surface area contributed by atoms with E-state index >= 15 is 0 Å². The van der Waals surface area contributed by atoms with Gasteiger partial charge < -0.3 is 9.74 Å². The summed E-state index contributed by atoms with van der Waals surface area (Å²) in [5, 5.41) is 0. The maximum absolute atomic E-state index is 11.5. The van der Waals surface area contributed by atoms with Crippen LogP contribution in [0.4, 0.5) is 0 Å². The molecule has 0 heterocycles. The van der Waals surface area contributed by atoms with Crippen molar-refractivity contribution in [1.82, 2.24) is 4.90 Å². The summed E-state index contributed by atoms with van der Waals surface area (Å²) < 4.78 is 0. The molecule has 4 heteroatoms. The van der Waals surface area contributed by atoms with E-state index in [2.05, 4.69) is 30.2 Å². The number of carbonyl (C=O) groups is 1. The summed E-state index contributed by atoms with van der Waals surface area (Å²) in [7, 11) is 0. The van der Waals surface area contributed by atoms with Crippen molar-refractivity contribution in [2.75, 3.05) is 19.6 Å². The SMILES string of the molecule is C=C(/C=C/C(=O)CCCN(CCC)CCC)ON. The molecule has 0 rings (SSSR count). The molecule has 0 fully saturated rings. The van der Waals surface area contributed by atoms with E-state index in [9.17, 15) is 4.79 Å². The molecule has 0 aromatic rings. The second kappa shape index (κ2) is 11.0. The molecule has 0 saturated carbocycles. The van der Waals surface area contributed by atoms with Crippen LogP contribution in [0.1, 0.15) is 39.5 Å². The van der Waals surface area contributed by atoms with Gasteiger partial charge in [-0.05, 0) is 51.0 Å². The lowest BCUT2D eigenvalue weighted by molar-refractivity contribution is -0.114. The fourth-order valence-corrected chi connectivity index (χ4v) is 1.75. The third-order valence-electron chi connectivity index (χ3n) is 2.58. The van der Waals surface area contributed by atoms with Crippen LogP contribution in [0.25, 0.3) is 0 Å². The molecule has 18 heavy (non-hydrogen) atoms. The number of rotatable bonds is 11. The predicted octanol–water partition coefficient (Wildman–Crippen LogP) is 2.42. The summed E-state index contributed by atoms with van der Waals surface area (Å²) in [5.74, 6) is 5.27. The van der Waals surface area contributed by atoms with Crippen LogP contribution in [0.2, 0.25) is 0 Å². The van der Waals surface area contributed by atoms with Crippen LogP contribution in [0.3, 0.4) is 0 Å². The fraction of sp³-hybridized carbons (Fsp3) is 0.643. The van der Waals surface area contributed by atoms with Gasteiger partial charge in [0.25, 0.3) is 0 Å². The quantitative estimate of drug-likeness (QED) is 0.266. The second-order valence-electron chi connectivity index (χ2n) is 4.33. The molecular weight excluding hydrogens is 228 g/mol. The molecule has 2 N–H and O–H groups in total. The third kappa shape index (κ3) is 8.96. The third-order valence-corrected chi connectivity index (χ3v) is 2.58. The Bertz CT molecular complexity index is 269. The molecule has 0 unspecified atom stereocenters. The minimum Gasteiger partial charge on any atom is -0.412 e. The van der Waals surface area contributed by atoms with Crippen molar-refractivity contribution >= 4 is 5.78 Å². The molecule has 0 aliphatic carbocycles. The van der Waals surface area contributed by atoms with Gasteiger partial charge in [0.05, 0.1) is 0 Å². The van der Waals surface area contributed by atoms with Crippen LogP contribution in [-0.4, -0.2) is 30.3 Å². The van der Waals surface area contributed by atoms with E-state index in [4.69, 9.17) is 5.90 Å². The molecule has 4 nitrogen and oxygen atoms in total. The lowest BCUT2D eigenvalue weighted by Gasteiger charge is -2.20. The summed E-state index contributed by atoms with van der Waals surface area (Å²) in [6, 6.07) is 0. The van der Waals surface area contributed by atoms with Gasteiger partial charge in [-0.25, -0.2) is 0 Å². The Morgan fingerprint density at radius 2 is 1.83 bits per heavy atom. The Morgan fingerprint density at radius 3 is 2.33 bits per heavy atom. The smallest absolute Gasteiger partial charge is 0.155 e. The minimum atomic E-state index is 0.0844. The molecule has 0 amide bonds. The largest absolute Gasteiger partial charge is 0.412 e. The van der Waals surface area contributed by atoms with Crippen molar-refractivity contribution in [3.63, 3.8) is 0 Å². The molecule has 0 atom stereocenters. The number of nitrogens with two attached hydrogens (primary N) is 1. The fourth-order valence-electron chi connectivity index (χ4n) is 1.75. The van der Waals surface area contributed by atoms with Crippen LogP contribution in [-0.2, 0) is 9.63 Å². The van der Waals surface area contributed by atoms with E-state index in [-0.39, 0.29) is 5.78 Å². The van der Waals surface area contributed by atoms with Gasteiger partial charge in [0.2, 0.25) is 0 Å². The van der Waals surface area contributed by atoms with Gasteiger partial charge in [0.15, 0.2) is 5.78 Å². The maximum atomic E-state index is 11.5. The monoisotopic (exact) mass is 254 g/mol. The van der Waals surface area contributed by atoms with Crippen LogP contribution in [0.15, 0.2) is 24.5 Å². The molecule has 0 saturated heterocycles. The number of nitrogens with zero attached hydrogens (tertiary/aromatic N) is 1. The van der Waals surface area contributed by atoms with Crippen molar-refractivity contribution in [2.24, 2.45) is 5.90 Å². The van der Waals surface area contributed by atoms with Crippen LogP contribution in [0, 0.1) is 0 Å². The van der Waals surface area contributed by atoms with Crippen molar-refractivity contribution in [2.45, 2.75) is 39.5 Å². The van der Waals surface area contributed by atoms with E-state index in [0.717, 1.165) is 38.9 Å². The minimum absolute atomic E-state index is 0.0844. The number of allylic oxidation sites excluding steroid dienone is 2. The zero-order valence-corrected chi connectivity index (χ0v) is 11.7. The van der Waals surface area contributed by atoms with E-state index in [1.807, 2.05) is 0 Å². The van der Waals surface area contributed by atoms with Crippen molar-refractivity contribution in [3.8, 4) is 0 Å². The summed E-state index contributed by atoms with van der Waals surface area (Å²) in [6.45, 7) is 11.1. The highest BCUT2D eigenvalue weighted by atomic mass is 16.6. The van der Waals surface area contributed by atoms with E-state index in [0.29, 0.717) is 12.2 Å². The van der Waals surface area contributed by atoms with Crippen LogP contribution >= 0.6 is 0 Å². The summed E-state index contributed by atoms with van der Waals surface area (Å²) >= 11 is 0. The lowest BCUT2D eigenvalue weighted by atomic mass is 10.2. The maximum Gasteiger partial charge on any atom is 0.155 e. The van der Waals surface area contributed by atoms with Crippen LogP contribution in [0.5, 0.6) is 0 Å². The average Bonchev–Trinajstić information content (AvgIpc) is 2.36. The number of ketones is 1. The van der Waals surface area contributed by atoms with Crippen molar-refractivity contribution in [1.29, 1.82) is 0 Å². The van der Waals surface area contributed by atoms with Crippen molar-refractivity contribution in [3.05, 3.63) is 24.5 Å². The topological polar surface area (TPSA) is 55.6 Å². The normalized spacial score (nSPS) is 11.1. The first kappa shape index (κ1) is 16.9. The van der Waals surface area contributed by atoms with Gasteiger partial charge in [-0.2, -0.15) is 5.90 Å². The Morgan fingerprint density at radius 1 is 1.22 bits per heavy atom. The Labute approximate surface area is 110 Å². The van der Waals surface area contributed by atoms with E-state index < -0.39 is 0 Å². The molecule has 0 bridgehead atoms. The molecular formula is C14H26N2O2. The zero-order valence-electron chi connectivity index (χ0n) is 11.7. The first-order chi connectivity index (χ1) is 8.63. The first-order valence-corrected chi connectivity index (χ1v) is 6.62. The van der Waals surface area contributed by atoms with Gasteiger partial charge in [-0.3, -0.25) is 4.79 Å². The highest BCUT2D eigenvalue weighted by Crippen LogP contribution is 2.01. The van der Waals surface area contributed by atoms with Crippen molar-refractivity contribution < 1.29 is 9.63 Å². The highest BCUT2D eigenvalue weighted by Gasteiger charge is 2.03. The Kier molecular flexibility index (Phi) is 10.3. The highest BCUT2D eigenvalue weighted by molar-refractivity contribution is 5.89. The molecule has 0 aromatic carbocycles. The summed E-state index contributed by atoms with van der Waals surface area (Å²) in [5.41, 5.74) is 0. The Balaban J connectivity index is 3.83. The molecule has 0 aromatic heterocycles. The van der Waals surface area contributed by atoms with E-state index in [1.165, 1.54) is 12.2 Å². The van der Waals surface area contributed by atoms with E-state index in [1.54, 1.807) is 0 Å². The van der Waals surface area contributed by atoms with Gasteiger partial charge in [-0.15, -0.1) is 0 Å². The zero-order chi connectivity index (χ0) is 13.8. The van der Waals surface area contributed by atoms with Gasteiger partial charge in [0.1, 0.15) is 5.76 Å². The Hall–Kier alpha value is -1.13. The first-order valence-electron chi connectivity index (χ1n) is 6.62. The number of hydrogen-bond acceptors (Lipinski definition) is 4. The van der Waals surface area contributed by atoms with Gasteiger partial charge >= 0.3 is 0 Å². The predicted molar refractivity (Wildman–Crippen MR) is 74.8 cm³/mol. The van der Waals surface area contributed by atoms with Gasteiger partial charge in [-0.1, -0.05) is 20.4 Å². The lowest BCUT2D eigenvalue weighted by Crippen LogP contribution is -2.26. The molecule has 104 valence electrons. The van der Waals surface area contributed by atoms with Gasteiger partial charge in [0, 0.05) is 6.42 Å². The average molecular weight is 254 g/mol.